The van der Waals surface area contributed by atoms with Gasteiger partial charge in [-0.05, 0) is 43.7 Å². The van der Waals surface area contributed by atoms with Crippen molar-refractivity contribution in [3.8, 4) is 5.75 Å². The van der Waals surface area contributed by atoms with E-state index < -0.39 is 0 Å². The highest BCUT2D eigenvalue weighted by molar-refractivity contribution is 6.09. The first-order valence-electron chi connectivity index (χ1n) is 6.89. The fourth-order valence-electron chi connectivity index (χ4n) is 2.28. The van der Waals surface area contributed by atoms with Gasteiger partial charge in [-0.3, -0.25) is 4.79 Å². The van der Waals surface area contributed by atoms with E-state index in [9.17, 15) is 4.79 Å². The number of nitrogens with zero attached hydrogens (tertiary/aromatic N) is 1. The van der Waals surface area contributed by atoms with E-state index >= 15 is 0 Å². The summed E-state index contributed by atoms with van der Waals surface area (Å²) in [6, 6.07) is 12.9. The monoisotopic (exact) mass is 284 g/mol. The molecule has 0 spiro atoms. The molecule has 2 rings (SSSR count). The fraction of sp³-hybridized carbons (Fsp3) is 0.235. The van der Waals surface area contributed by atoms with Gasteiger partial charge < -0.3 is 15.4 Å². The van der Waals surface area contributed by atoms with E-state index in [1.54, 1.807) is 30.2 Å². The summed E-state index contributed by atoms with van der Waals surface area (Å²) >= 11 is 0. The van der Waals surface area contributed by atoms with Gasteiger partial charge in [0.2, 0.25) is 0 Å². The summed E-state index contributed by atoms with van der Waals surface area (Å²) in [5.74, 6) is 0.497. The van der Waals surface area contributed by atoms with E-state index in [1.165, 1.54) is 0 Å². The number of carbonyl (C=O) groups excluding carboxylic acids is 1. The van der Waals surface area contributed by atoms with Gasteiger partial charge in [-0.1, -0.05) is 18.2 Å². The number of amides is 1. The number of nitrogens with two attached hydrogens (primary N) is 1. The number of hydrogen-bond acceptors (Lipinski definition) is 3. The molecular formula is C17H20N2O2. The summed E-state index contributed by atoms with van der Waals surface area (Å²) in [5.41, 5.74) is 8.81. The molecule has 21 heavy (non-hydrogen) atoms. The van der Waals surface area contributed by atoms with Gasteiger partial charge in [0, 0.05) is 17.9 Å². The minimum atomic E-state index is -0.122. The van der Waals surface area contributed by atoms with E-state index in [-0.39, 0.29) is 5.91 Å². The minimum absolute atomic E-state index is 0.122. The quantitative estimate of drug-likeness (QED) is 0.877. The molecule has 0 bridgehead atoms. The zero-order valence-electron chi connectivity index (χ0n) is 12.6. The summed E-state index contributed by atoms with van der Waals surface area (Å²) in [6.07, 6.45) is 0. The van der Waals surface area contributed by atoms with Crippen LogP contribution in [0.15, 0.2) is 42.5 Å². The smallest absolute Gasteiger partial charge is 0.260 e. The lowest BCUT2D eigenvalue weighted by Gasteiger charge is -2.23. The van der Waals surface area contributed by atoms with Crippen molar-refractivity contribution < 1.29 is 9.53 Å². The molecule has 2 N–H and O–H groups in total. The molecule has 0 saturated heterocycles. The molecule has 110 valence electrons. The van der Waals surface area contributed by atoms with Crippen molar-refractivity contribution in [3.05, 3.63) is 53.6 Å². The zero-order valence-corrected chi connectivity index (χ0v) is 12.6. The Hall–Kier alpha value is -2.49. The first-order valence-corrected chi connectivity index (χ1v) is 6.89. The third-order valence-electron chi connectivity index (χ3n) is 3.46. The van der Waals surface area contributed by atoms with E-state index in [1.807, 2.05) is 38.1 Å². The van der Waals surface area contributed by atoms with Gasteiger partial charge in [-0.25, -0.2) is 0 Å². The number of rotatable bonds is 4. The third kappa shape index (κ3) is 2.99. The zero-order chi connectivity index (χ0) is 15.4. The summed E-state index contributed by atoms with van der Waals surface area (Å²) in [7, 11) is 1.57. The van der Waals surface area contributed by atoms with Crippen LogP contribution in [0.2, 0.25) is 0 Å². The molecule has 0 unspecified atom stereocenters. The summed E-state index contributed by atoms with van der Waals surface area (Å²) in [4.78, 5) is 14.5. The summed E-state index contributed by atoms with van der Waals surface area (Å²) in [5, 5.41) is 0. The van der Waals surface area contributed by atoms with Crippen LogP contribution in [0.5, 0.6) is 5.75 Å². The predicted molar refractivity (Wildman–Crippen MR) is 85.9 cm³/mol. The van der Waals surface area contributed by atoms with Crippen LogP contribution in [-0.2, 0) is 0 Å². The van der Waals surface area contributed by atoms with Gasteiger partial charge in [-0.15, -0.1) is 0 Å². The van der Waals surface area contributed by atoms with Gasteiger partial charge in [-0.2, -0.15) is 0 Å². The Morgan fingerprint density at radius 3 is 2.57 bits per heavy atom. The Kier molecular flexibility index (Phi) is 4.48. The molecule has 0 aliphatic carbocycles. The van der Waals surface area contributed by atoms with Crippen molar-refractivity contribution in [3.63, 3.8) is 0 Å². The topological polar surface area (TPSA) is 55.6 Å². The number of hydrogen-bond donors (Lipinski definition) is 1. The van der Waals surface area contributed by atoms with E-state index in [0.29, 0.717) is 23.5 Å². The van der Waals surface area contributed by atoms with Gasteiger partial charge in [0.05, 0.1) is 12.7 Å². The Morgan fingerprint density at radius 1 is 1.24 bits per heavy atom. The molecule has 0 heterocycles. The molecule has 0 saturated carbocycles. The molecule has 1 amide bonds. The fourth-order valence-corrected chi connectivity index (χ4v) is 2.28. The highest BCUT2D eigenvalue weighted by Crippen LogP contribution is 2.25. The standard InChI is InChI=1S/C17H20N2O2/c1-4-19(16-8-6-5-7-12(16)2)17(20)14-11-13(21-3)9-10-15(14)18/h5-11H,4,18H2,1-3H3. The predicted octanol–water partition coefficient (Wildman–Crippen LogP) is 3.25. The first kappa shape index (κ1) is 14.9. The SMILES string of the molecule is CCN(C(=O)c1cc(OC)ccc1N)c1ccccc1C. The Balaban J connectivity index is 2.44. The number of aryl methyl sites for hydroxylation is 1. The Labute approximate surface area is 125 Å². The molecule has 4 nitrogen and oxygen atoms in total. The second kappa shape index (κ2) is 6.31. The maximum Gasteiger partial charge on any atom is 0.260 e. The largest absolute Gasteiger partial charge is 0.497 e. The van der Waals surface area contributed by atoms with Crippen LogP contribution in [-0.4, -0.2) is 19.6 Å². The number of anilines is 2. The minimum Gasteiger partial charge on any atom is -0.497 e. The maximum atomic E-state index is 12.8. The first-order chi connectivity index (χ1) is 10.1. The molecule has 2 aromatic rings. The van der Waals surface area contributed by atoms with Gasteiger partial charge in [0.25, 0.3) is 5.91 Å². The third-order valence-corrected chi connectivity index (χ3v) is 3.46. The lowest BCUT2D eigenvalue weighted by atomic mass is 10.1. The van der Waals surface area contributed by atoms with Gasteiger partial charge >= 0.3 is 0 Å². The van der Waals surface area contributed by atoms with Crippen molar-refractivity contribution >= 4 is 17.3 Å². The van der Waals surface area contributed by atoms with Crippen LogP contribution < -0.4 is 15.4 Å². The lowest BCUT2D eigenvalue weighted by Crippen LogP contribution is -2.31. The molecule has 0 fully saturated rings. The Bertz CT molecular complexity index is 653. The van der Waals surface area contributed by atoms with Crippen LogP contribution in [0, 0.1) is 6.92 Å². The van der Waals surface area contributed by atoms with Crippen molar-refractivity contribution in [1.82, 2.24) is 0 Å². The second-order valence-electron chi connectivity index (χ2n) is 4.79. The molecule has 0 aliphatic heterocycles. The molecule has 4 heteroatoms. The van der Waals surface area contributed by atoms with Crippen molar-refractivity contribution in [1.29, 1.82) is 0 Å². The highest BCUT2D eigenvalue weighted by Gasteiger charge is 2.20. The number of nitrogen functional groups attached to an aromatic ring is 1. The van der Waals surface area contributed by atoms with Gasteiger partial charge in [0.1, 0.15) is 5.75 Å². The van der Waals surface area contributed by atoms with E-state index in [2.05, 4.69) is 0 Å². The van der Waals surface area contributed by atoms with Crippen LogP contribution >= 0.6 is 0 Å². The van der Waals surface area contributed by atoms with Crippen molar-refractivity contribution in [2.75, 3.05) is 24.3 Å². The normalized spacial score (nSPS) is 10.2. The number of benzene rings is 2. The molecule has 0 radical (unpaired) electrons. The average molecular weight is 284 g/mol. The number of methoxy groups -OCH3 is 1. The van der Waals surface area contributed by atoms with Crippen LogP contribution in [0.3, 0.4) is 0 Å². The lowest BCUT2D eigenvalue weighted by molar-refractivity contribution is 0.0988. The number of carbonyl (C=O) groups is 1. The summed E-state index contributed by atoms with van der Waals surface area (Å²) < 4.78 is 5.18. The molecule has 0 atom stereocenters. The van der Waals surface area contributed by atoms with E-state index in [0.717, 1.165) is 11.3 Å². The molecule has 2 aromatic carbocycles. The molecular weight excluding hydrogens is 264 g/mol. The molecule has 0 aromatic heterocycles. The maximum absolute atomic E-state index is 12.8. The van der Waals surface area contributed by atoms with Crippen LogP contribution in [0.1, 0.15) is 22.8 Å². The number of ether oxygens (including phenoxy) is 1. The van der Waals surface area contributed by atoms with Crippen LogP contribution in [0.4, 0.5) is 11.4 Å². The summed E-state index contributed by atoms with van der Waals surface area (Å²) in [6.45, 7) is 4.50. The van der Waals surface area contributed by atoms with E-state index in [4.69, 9.17) is 10.5 Å². The molecule has 0 aliphatic rings. The number of para-hydroxylation sites is 1. The van der Waals surface area contributed by atoms with Gasteiger partial charge in [0.15, 0.2) is 0 Å². The Morgan fingerprint density at radius 2 is 1.95 bits per heavy atom. The van der Waals surface area contributed by atoms with Crippen LogP contribution in [0.25, 0.3) is 0 Å². The van der Waals surface area contributed by atoms with Crippen molar-refractivity contribution in [2.45, 2.75) is 13.8 Å². The average Bonchev–Trinajstić information content (AvgIpc) is 2.50. The second-order valence-corrected chi connectivity index (χ2v) is 4.79. The highest BCUT2D eigenvalue weighted by atomic mass is 16.5. The van der Waals surface area contributed by atoms with Crippen molar-refractivity contribution in [2.24, 2.45) is 0 Å².